The zero-order chi connectivity index (χ0) is 25.5. The first-order chi connectivity index (χ1) is 15.0. The molecule has 1 aromatic carbocycles. The van der Waals surface area contributed by atoms with E-state index in [0.717, 1.165) is 24.7 Å². The van der Waals surface area contributed by atoms with Gasteiger partial charge in [-0.05, 0) is 48.2 Å². The highest BCUT2D eigenvalue weighted by Gasteiger charge is 2.44. The van der Waals surface area contributed by atoms with Gasteiger partial charge >= 0.3 is 0 Å². The molecular weight excluding hydrogens is 440 g/mol. The molecule has 0 aliphatic carbocycles. The molecule has 0 saturated heterocycles. The topological polar surface area (TPSA) is 35.5 Å². The van der Waals surface area contributed by atoms with Gasteiger partial charge in [-0.3, -0.25) is 4.79 Å². The van der Waals surface area contributed by atoms with Gasteiger partial charge in [-0.1, -0.05) is 104 Å². The normalized spacial score (nSPS) is 15.6. The summed E-state index contributed by atoms with van der Waals surface area (Å²) in [5.74, 6) is 0. The monoisotopic (exact) mass is 490 g/mol. The Bertz CT molecular complexity index is 753. The van der Waals surface area contributed by atoms with Crippen LogP contribution in [0, 0.1) is 0 Å². The number of carbonyl (C=O) groups excluding carboxylic acids is 1. The smallest absolute Gasteiger partial charge is 0.193 e. The fraction of sp³-hybridized carbons (Fsp3) is 0.679. The van der Waals surface area contributed by atoms with E-state index in [2.05, 4.69) is 86.8 Å². The van der Waals surface area contributed by atoms with Gasteiger partial charge in [0.2, 0.25) is 0 Å². The fourth-order valence-corrected chi connectivity index (χ4v) is 5.72. The van der Waals surface area contributed by atoms with E-state index >= 15 is 0 Å². The Morgan fingerprint density at radius 1 is 0.818 bits per heavy atom. The second kappa shape index (κ2) is 12.1. The molecule has 188 valence electrons. The minimum absolute atomic E-state index is 0.0389. The number of hydrogen-bond donors (Lipinski definition) is 0. The summed E-state index contributed by atoms with van der Waals surface area (Å²) < 4.78 is 14.0. The molecule has 3 nitrogen and oxygen atoms in total. The van der Waals surface area contributed by atoms with Crippen molar-refractivity contribution in [2.24, 2.45) is 0 Å². The Kier molecular flexibility index (Phi) is 11.0. The predicted molar refractivity (Wildman–Crippen MR) is 149 cm³/mol. The fourth-order valence-electron chi connectivity index (χ4n) is 3.09. The van der Waals surface area contributed by atoms with Crippen LogP contribution in [0.15, 0.2) is 30.3 Å². The van der Waals surface area contributed by atoms with Crippen molar-refractivity contribution in [1.29, 1.82) is 0 Å². The maximum atomic E-state index is 11.0. The molecule has 2 atom stereocenters. The average Bonchev–Trinajstić information content (AvgIpc) is 2.69. The molecule has 0 fully saturated rings. The lowest BCUT2D eigenvalue weighted by atomic mass is 10.0. The van der Waals surface area contributed by atoms with Gasteiger partial charge in [0.15, 0.2) is 16.6 Å². The van der Waals surface area contributed by atoms with Gasteiger partial charge in [0.05, 0.1) is 12.2 Å². The minimum Gasteiger partial charge on any atom is -0.411 e. The van der Waals surface area contributed by atoms with Gasteiger partial charge in [-0.15, -0.1) is 0 Å². The molecule has 33 heavy (non-hydrogen) atoms. The van der Waals surface area contributed by atoms with E-state index in [1.165, 1.54) is 12.8 Å². The molecule has 2 unspecified atom stereocenters. The molecule has 0 saturated carbocycles. The summed E-state index contributed by atoms with van der Waals surface area (Å²) in [6.07, 6.45) is 9.73. The standard InChI is InChI=1S/C28H50O3Si2/c1-12-13-14-15-25(30-32(8,9)27(2,3)4)26(31-33(10,11)28(5,6)7)21-20-23-16-18-24(22-29)19-17-23/h16-22,25-26H,12-15H2,1-11H3/b21-20+. The van der Waals surface area contributed by atoms with Crippen molar-refractivity contribution >= 4 is 29.0 Å². The summed E-state index contributed by atoms with van der Waals surface area (Å²) in [4.78, 5) is 11.0. The van der Waals surface area contributed by atoms with Crippen molar-refractivity contribution in [2.45, 2.75) is 123 Å². The van der Waals surface area contributed by atoms with Crippen LogP contribution in [0.4, 0.5) is 0 Å². The van der Waals surface area contributed by atoms with Crippen molar-refractivity contribution in [3.8, 4) is 0 Å². The number of unbranched alkanes of at least 4 members (excludes halogenated alkanes) is 2. The number of benzene rings is 1. The maximum absolute atomic E-state index is 11.0. The summed E-state index contributed by atoms with van der Waals surface area (Å²) in [7, 11) is -3.98. The summed E-state index contributed by atoms with van der Waals surface area (Å²) in [6.45, 7) is 25.3. The van der Waals surface area contributed by atoms with Gasteiger partial charge in [0.1, 0.15) is 6.29 Å². The van der Waals surface area contributed by atoms with E-state index < -0.39 is 16.6 Å². The summed E-state index contributed by atoms with van der Waals surface area (Å²) in [5.41, 5.74) is 1.77. The third kappa shape index (κ3) is 9.27. The Hall–Kier alpha value is -1.02. The molecule has 0 heterocycles. The highest BCUT2D eigenvalue weighted by molar-refractivity contribution is 6.74. The van der Waals surface area contributed by atoms with Crippen LogP contribution >= 0.6 is 0 Å². The van der Waals surface area contributed by atoms with Crippen molar-refractivity contribution in [1.82, 2.24) is 0 Å². The van der Waals surface area contributed by atoms with E-state index in [-0.39, 0.29) is 22.3 Å². The van der Waals surface area contributed by atoms with E-state index in [1.54, 1.807) is 0 Å². The molecule has 0 aliphatic heterocycles. The molecule has 0 aliphatic rings. The van der Waals surface area contributed by atoms with Crippen LogP contribution in [0.5, 0.6) is 0 Å². The van der Waals surface area contributed by atoms with Crippen LogP contribution in [-0.2, 0) is 8.85 Å². The lowest BCUT2D eigenvalue weighted by molar-refractivity contribution is 0.0563. The molecule has 0 bridgehead atoms. The van der Waals surface area contributed by atoms with Crippen LogP contribution in [0.1, 0.15) is 90.1 Å². The van der Waals surface area contributed by atoms with E-state index in [1.807, 2.05) is 24.3 Å². The van der Waals surface area contributed by atoms with E-state index in [0.29, 0.717) is 5.56 Å². The third-order valence-corrected chi connectivity index (χ3v) is 16.5. The van der Waals surface area contributed by atoms with Crippen LogP contribution < -0.4 is 0 Å². The van der Waals surface area contributed by atoms with Crippen molar-refractivity contribution in [3.05, 3.63) is 41.5 Å². The van der Waals surface area contributed by atoms with Gasteiger partial charge < -0.3 is 8.85 Å². The Labute approximate surface area is 206 Å². The Morgan fingerprint density at radius 3 is 1.76 bits per heavy atom. The summed E-state index contributed by atoms with van der Waals surface area (Å²) in [5, 5.41) is 0.265. The second-order valence-corrected chi connectivity index (χ2v) is 21.9. The van der Waals surface area contributed by atoms with Gasteiger partial charge in [0, 0.05) is 5.56 Å². The molecule has 0 amide bonds. The molecule has 0 radical (unpaired) electrons. The first-order valence-electron chi connectivity index (χ1n) is 12.6. The van der Waals surface area contributed by atoms with Crippen LogP contribution in [-0.4, -0.2) is 35.1 Å². The second-order valence-electron chi connectivity index (χ2n) is 12.4. The van der Waals surface area contributed by atoms with Crippen molar-refractivity contribution < 1.29 is 13.6 Å². The molecule has 0 spiro atoms. The van der Waals surface area contributed by atoms with Gasteiger partial charge in [-0.25, -0.2) is 0 Å². The summed E-state index contributed by atoms with van der Waals surface area (Å²) >= 11 is 0. The van der Waals surface area contributed by atoms with Gasteiger partial charge in [0.25, 0.3) is 0 Å². The van der Waals surface area contributed by atoms with Crippen LogP contribution in [0.2, 0.25) is 36.3 Å². The number of aldehydes is 1. The molecule has 5 heteroatoms. The van der Waals surface area contributed by atoms with Crippen molar-refractivity contribution in [2.75, 3.05) is 0 Å². The largest absolute Gasteiger partial charge is 0.411 e. The first-order valence-corrected chi connectivity index (χ1v) is 18.4. The molecule has 1 rings (SSSR count). The zero-order valence-electron chi connectivity index (χ0n) is 23.2. The molecule has 1 aromatic rings. The lowest BCUT2D eigenvalue weighted by Gasteiger charge is -2.44. The number of rotatable bonds is 12. The Balaban J connectivity index is 3.36. The summed E-state index contributed by atoms with van der Waals surface area (Å²) in [6, 6.07) is 7.71. The average molecular weight is 491 g/mol. The van der Waals surface area contributed by atoms with E-state index in [4.69, 9.17) is 8.85 Å². The number of carbonyl (C=O) groups is 1. The SMILES string of the molecule is CCCCCC(O[Si](C)(C)C(C)(C)C)C(/C=C/c1ccc(C=O)cc1)O[Si](C)(C)C(C)(C)C. The lowest BCUT2D eigenvalue weighted by Crippen LogP contribution is -2.51. The van der Waals surface area contributed by atoms with Crippen LogP contribution in [0.25, 0.3) is 6.08 Å². The maximum Gasteiger partial charge on any atom is 0.193 e. The first kappa shape index (κ1) is 30.0. The molecule has 0 N–H and O–H groups in total. The zero-order valence-corrected chi connectivity index (χ0v) is 25.2. The van der Waals surface area contributed by atoms with Crippen molar-refractivity contribution in [3.63, 3.8) is 0 Å². The third-order valence-electron chi connectivity index (χ3n) is 7.50. The molecular formula is C28H50O3Si2. The van der Waals surface area contributed by atoms with Crippen LogP contribution in [0.3, 0.4) is 0 Å². The molecule has 0 aromatic heterocycles. The van der Waals surface area contributed by atoms with E-state index in [9.17, 15) is 4.79 Å². The minimum atomic E-state index is -2.01. The highest BCUT2D eigenvalue weighted by Crippen LogP contribution is 2.41. The highest BCUT2D eigenvalue weighted by atomic mass is 28.4. The Morgan fingerprint density at radius 2 is 1.30 bits per heavy atom. The predicted octanol–water partition coefficient (Wildman–Crippen LogP) is 8.87. The quantitative estimate of drug-likeness (QED) is 0.167. The number of hydrogen-bond acceptors (Lipinski definition) is 3. The van der Waals surface area contributed by atoms with Gasteiger partial charge in [-0.2, -0.15) is 0 Å².